The van der Waals surface area contributed by atoms with E-state index in [1.54, 1.807) is 36.5 Å². The first kappa shape index (κ1) is 16.5. The van der Waals surface area contributed by atoms with Gasteiger partial charge < -0.3 is 9.47 Å². The summed E-state index contributed by atoms with van der Waals surface area (Å²) in [7, 11) is 1.56. The fourth-order valence-electron chi connectivity index (χ4n) is 3.05. The van der Waals surface area contributed by atoms with Gasteiger partial charge in [-0.15, -0.1) is 0 Å². The first-order chi connectivity index (χ1) is 11.4. The van der Waals surface area contributed by atoms with Gasteiger partial charge in [-0.05, 0) is 25.0 Å². The van der Waals surface area contributed by atoms with Crippen LogP contribution in [-0.4, -0.2) is 38.4 Å². The number of hydrogen-bond acceptors (Lipinski definition) is 3. The third-order valence-corrected chi connectivity index (χ3v) is 4.20. The van der Waals surface area contributed by atoms with Crippen LogP contribution in [-0.2, 0) is 13.2 Å². The lowest BCUT2D eigenvalue weighted by atomic mass is 9.96. The maximum atomic E-state index is 12.8. The summed E-state index contributed by atoms with van der Waals surface area (Å²) in [4.78, 5) is 21.8. The number of amides is 1. The molecular weight excluding hydrogens is 321 g/mol. The quantitative estimate of drug-likeness (QED) is 0.846. The Bertz CT molecular complexity index is 727. The molecule has 0 aliphatic carbocycles. The van der Waals surface area contributed by atoms with Crippen molar-refractivity contribution in [2.45, 2.75) is 24.9 Å². The fourth-order valence-corrected chi connectivity index (χ4v) is 3.05. The van der Waals surface area contributed by atoms with Gasteiger partial charge in [0.2, 0.25) is 0 Å². The lowest BCUT2D eigenvalue weighted by Gasteiger charge is -2.32. The van der Waals surface area contributed by atoms with E-state index in [9.17, 15) is 18.0 Å². The van der Waals surface area contributed by atoms with Crippen LogP contribution < -0.4 is 0 Å². The Kier molecular flexibility index (Phi) is 4.29. The van der Waals surface area contributed by atoms with Crippen molar-refractivity contribution < 1.29 is 18.0 Å². The molecule has 0 aromatic carbocycles. The standard InChI is InChI=1S/C16H17F3N4O/c1-22-10-13(16(17,18)19)21-14(22)12-3-2-8-23(9-12)15(24)11-4-6-20-7-5-11/h4-7,10,12H,2-3,8-9H2,1H3/t12-/m0/s1. The van der Waals surface area contributed by atoms with Gasteiger partial charge in [-0.3, -0.25) is 9.78 Å². The van der Waals surface area contributed by atoms with Gasteiger partial charge in [-0.2, -0.15) is 13.2 Å². The third kappa shape index (κ3) is 3.27. The van der Waals surface area contributed by atoms with E-state index in [1.165, 1.54) is 4.57 Å². The molecule has 2 aromatic heterocycles. The zero-order valence-electron chi connectivity index (χ0n) is 13.1. The Labute approximate surface area is 137 Å². The number of piperidine rings is 1. The molecule has 1 atom stereocenters. The second-order valence-corrected chi connectivity index (χ2v) is 5.92. The summed E-state index contributed by atoms with van der Waals surface area (Å²) in [6.07, 6.45) is 1.07. The number of carbonyl (C=O) groups is 1. The monoisotopic (exact) mass is 338 g/mol. The molecule has 3 heterocycles. The number of pyridine rings is 1. The van der Waals surface area contributed by atoms with Crippen LogP contribution in [0.3, 0.4) is 0 Å². The molecule has 1 aliphatic heterocycles. The minimum absolute atomic E-state index is 0.132. The first-order valence-corrected chi connectivity index (χ1v) is 7.66. The average Bonchev–Trinajstić information content (AvgIpc) is 2.97. The van der Waals surface area contributed by atoms with E-state index in [-0.39, 0.29) is 11.8 Å². The molecule has 24 heavy (non-hydrogen) atoms. The highest BCUT2D eigenvalue weighted by Crippen LogP contribution is 2.32. The summed E-state index contributed by atoms with van der Waals surface area (Å²) in [5, 5.41) is 0. The SMILES string of the molecule is Cn1cc(C(F)(F)F)nc1[C@H]1CCCN(C(=O)c2ccncc2)C1. The average molecular weight is 338 g/mol. The van der Waals surface area contributed by atoms with E-state index in [1.807, 2.05) is 0 Å². The minimum atomic E-state index is -4.46. The van der Waals surface area contributed by atoms with Gasteiger partial charge >= 0.3 is 6.18 Å². The van der Waals surface area contributed by atoms with Crippen LogP contribution in [0.5, 0.6) is 0 Å². The predicted molar refractivity (Wildman–Crippen MR) is 80.3 cm³/mol. The number of rotatable bonds is 2. The van der Waals surface area contributed by atoms with Crippen molar-refractivity contribution in [2.24, 2.45) is 7.05 Å². The number of aryl methyl sites for hydroxylation is 1. The van der Waals surface area contributed by atoms with E-state index >= 15 is 0 Å². The molecule has 1 amide bonds. The summed E-state index contributed by atoms with van der Waals surface area (Å²) in [5.74, 6) is 0.0348. The molecule has 128 valence electrons. The number of likely N-dealkylation sites (tertiary alicyclic amines) is 1. The summed E-state index contributed by atoms with van der Waals surface area (Å²) in [6, 6.07) is 3.27. The molecule has 0 radical (unpaired) electrons. The van der Waals surface area contributed by atoms with E-state index < -0.39 is 11.9 Å². The number of imidazole rings is 1. The van der Waals surface area contributed by atoms with Crippen LogP contribution in [0.1, 0.15) is 40.6 Å². The highest BCUT2D eigenvalue weighted by atomic mass is 19.4. The van der Waals surface area contributed by atoms with Crippen LogP contribution in [0.15, 0.2) is 30.7 Å². The van der Waals surface area contributed by atoms with Gasteiger partial charge in [-0.25, -0.2) is 4.98 Å². The number of hydrogen-bond donors (Lipinski definition) is 0. The molecule has 5 nitrogen and oxygen atoms in total. The molecule has 1 aliphatic rings. The zero-order chi connectivity index (χ0) is 17.3. The Morgan fingerprint density at radius 3 is 2.62 bits per heavy atom. The second-order valence-electron chi connectivity index (χ2n) is 5.92. The van der Waals surface area contributed by atoms with Crippen LogP contribution in [0.4, 0.5) is 13.2 Å². The molecule has 0 spiro atoms. The Hall–Kier alpha value is -2.38. The topological polar surface area (TPSA) is 51.0 Å². The molecular formula is C16H17F3N4O. The highest BCUT2D eigenvalue weighted by molar-refractivity contribution is 5.94. The van der Waals surface area contributed by atoms with Gasteiger partial charge in [-0.1, -0.05) is 0 Å². The molecule has 8 heteroatoms. The van der Waals surface area contributed by atoms with Crippen LogP contribution in [0.25, 0.3) is 0 Å². The van der Waals surface area contributed by atoms with Crippen LogP contribution >= 0.6 is 0 Å². The molecule has 0 saturated carbocycles. The lowest BCUT2D eigenvalue weighted by molar-refractivity contribution is -0.141. The fraction of sp³-hybridized carbons (Fsp3) is 0.438. The van der Waals surface area contributed by atoms with Crippen LogP contribution in [0.2, 0.25) is 0 Å². The van der Waals surface area contributed by atoms with E-state index in [2.05, 4.69) is 9.97 Å². The van der Waals surface area contributed by atoms with Gasteiger partial charge in [0, 0.05) is 50.2 Å². The molecule has 3 rings (SSSR count). The van der Waals surface area contributed by atoms with Gasteiger partial charge in [0.1, 0.15) is 5.82 Å². The van der Waals surface area contributed by atoms with Crippen molar-refractivity contribution >= 4 is 5.91 Å². The Morgan fingerprint density at radius 1 is 1.29 bits per heavy atom. The molecule has 1 fully saturated rings. The minimum Gasteiger partial charge on any atom is -0.338 e. The summed E-state index contributed by atoms with van der Waals surface area (Å²) >= 11 is 0. The molecule has 0 unspecified atom stereocenters. The van der Waals surface area contributed by atoms with Crippen molar-refractivity contribution in [1.29, 1.82) is 0 Å². The normalized spacial score (nSPS) is 18.7. The Morgan fingerprint density at radius 2 is 2.00 bits per heavy atom. The first-order valence-electron chi connectivity index (χ1n) is 7.66. The van der Waals surface area contributed by atoms with Gasteiger partial charge in [0.15, 0.2) is 5.69 Å². The number of halogens is 3. The number of carbonyl (C=O) groups excluding carboxylic acids is 1. The van der Waals surface area contributed by atoms with Crippen molar-refractivity contribution in [2.75, 3.05) is 13.1 Å². The smallest absolute Gasteiger partial charge is 0.338 e. The maximum Gasteiger partial charge on any atom is 0.434 e. The molecule has 0 bridgehead atoms. The maximum absolute atomic E-state index is 12.8. The highest BCUT2D eigenvalue weighted by Gasteiger charge is 2.36. The number of aromatic nitrogens is 3. The van der Waals surface area contributed by atoms with E-state index in [0.717, 1.165) is 12.6 Å². The zero-order valence-corrected chi connectivity index (χ0v) is 13.1. The molecule has 0 N–H and O–H groups in total. The molecule has 1 saturated heterocycles. The second kappa shape index (κ2) is 6.26. The lowest BCUT2D eigenvalue weighted by Crippen LogP contribution is -2.39. The predicted octanol–water partition coefficient (Wildman–Crippen LogP) is 2.85. The number of alkyl halides is 3. The van der Waals surface area contributed by atoms with Gasteiger partial charge in [0.05, 0.1) is 0 Å². The van der Waals surface area contributed by atoms with E-state index in [4.69, 9.17) is 0 Å². The Balaban J connectivity index is 1.79. The van der Waals surface area contributed by atoms with Gasteiger partial charge in [0.25, 0.3) is 5.91 Å². The summed E-state index contributed by atoms with van der Waals surface area (Å²) < 4.78 is 39.9. The summed E-state index contributed by atoms with van der Waals surface area (Å²) in [6.45, 7) is 0.956. The summed E-state index contributed by atoms with van der Waals surface area (Å²) in [5.41, 5.74) is -0.362. The number of nitrogens with zero attached hydrogens (tertiary/aromatic N) is 4. The largest absolute Gasteiger partial charge is 0.434 e. The van der Waals surface area contributed by atoms with Crippen LogP contribution in [0, 0.1) is 0 Å². The molecule has 2 aromatic rings. The van der Waals surface area contributed by atoms with E-state index in [0.29, 0.717) is 30.9 Å². The van der Waals surface area contributed by atoms with Crippen molar-refractivity contribution in [3.8, 4) is 0 Å². The third-order valence-electron chi connectivity index (χ3n) is 4.20. The van der Waals surface area contributed by atoms with Crippen molar-refractivity contribution in [3.05, 3.63) is 47.8 Å². The van der Waals surface area contributed by atoms with Crippen molar-refractivity contribution in [3.63, 3.8) is 0 Å². The van der Waals surface area contributed by atoms with Crippen molar-refractivity contribution in [1.82, 2.24) is 19.4 Å².